The number of ether oxygens (including phenoxy) is 1. The van der Waals surface area contributed by atoms with Gasteiger partial charge in [0.05, 0.1) is 24.2 Å². The third-order valence-electron chi connectivity index (χ3n) is 4.82. The van der Waals surface area contributed by atoms with Gasteiger partial charge >= 0.3 is 0 Å². The highest BCUT2D eigenvalue weighted by Crippen LogP contribution is 2.19. The van der Waals surface area contributed by atoms with Crippen molar-refractivity contribution >= 4 is 40.0 Å². The Kier molecular flexibility index (Phi) is 12.8. The number of nitrogens with zero attached hydrogens (tertiary/aromatic N) is 1. The molecule has 1 fully saturated rings. The summed E-state index contributed by atoms with van der Waals surface area (Å²) in [5.41, 5.74) is 0.946. The number of aliphatic imine (C=N–C) groups is 1. The van der Waals surface area contributed by atoms with Crippen LogP contribution in [-0.2, 0) is 21.3 Å². The van der Waals surface area contributed by atoms with E-state index in [0.29, 0.717) is 25.8 Å². The number of nitrogens with one attached hydrogen (secondary N) is 3. The summed E-state index contributed by atoms with van der Waals surface area (Å²) >= 11 is 0. The number of hydrogen-bond donors (Lipinski definition) is 3. The van der Waals surface area contributed by atoms with Gasteiger partial charge < -0.3 is 15.4 Å². The van der Waals surface area contributed by atoms with Crippen molar-refractivity contribution in [3.05, 3.63) is 29.8 Å². The molecule has 0 bridgehead atoms. The lowest BCUT2D eigenvalue weighted by atomic mass is 10.1. The van der Waals surface area contributed by atoms with Crippen molar-refractivity contribution in [2.24, 2.45) is 4.99 Å². The van der Waals surface area contributed by atoms with E-state index in [1.165, 1.54) is 45.6 Å². The Morgan fingerprint density at radius 3 is 2.34 bits per heavy atom. The SMILES string of the molecule is CCNC(=NCc1ccc(S(=O)(=O)NC)cc1)NCCOC1CCCCCC1.I. The monoisotopic (exact) mass is 538 g/mol. The molecule has 1 aromatic carbocycles. The predicted molar refractivity (Wildman–Crippen MR) is 128 cm³/mol. The molecule has 1 aliphatic rings. The second-order valence-corrected chi connectivity index (χ2v) is 8.84. The van der Waals surface area contributed by atoms with Crippen LogP contribution in [0.2, 0.25) is 0 Å². The quantitative estimate of drug-likeness (QED) is 0.148. The van der Waals surface area contributed by atoms with Gasteiger partial charge in [-0.1, -0.05) is 37.8 Å². The zero-order valence-electron chi connectivity index (χ0n) is 17.4. The molecule has 0 saturated heterocycles. The number of hydrogen-bond acceptors (Lipinski definition) is 4. The van der Waals surface area contributed by atoms with E-state index >= 15 is 0 Å². The third-order valence-corrected chi connectivity index (χ3v) is 6.25. The summed E-state index contributed by atoms with van der Waals surface area (Å²) in [6.07, 6.45) is 7.96. The van der Waals surface area contributed by atoms with Crippen LogP contribution in [0.5, 0.6) is 0 Å². The first-order chi connectivity index (χ1) is 13.5. The van der Waals surface area contributed by atoms with Crippen LogP contribution >= 0.6 is 24.0 Å². The second-order valence-electron chi connectivity index (χ2n) is 6.96. The smallest absolute Gasteiger partial charge is 0.240 e. The molecule has 0 heterocycles. The van der Waals surface area contributed by atoms with Crippen LogP contribution in [0.3, 0.4) is 0 Å². The highest BCUT2D eigenvalue weighted by atomic mass is 127. The van der Waals surface area contributed by atoms with Gasteiger partial charge in [-0.2, -0.15) is 0 Å². The maximum Gasteiger partial charge on any atom is 0.240 e. The molecule has 0 unspecified atom stereocenters. The summed E-state index contributed by atoms with van der Waals surface area (Å²) in [6, 6.07) is 6.76. The molecule has 166 valence electrons. The standard InChI is InChI=1S/C20H34N4O3S.HI/c1-3-22-20(23-14-15-27-18-8-6-4-5-7-9-18)24-16-17-10-12-19(13-11-17)28(25,26)21-2;/h10-13,18,21H,3-9,14-16H2,1-2H3,(H2,22,23,24);1H. The molecule has 0 aromatic heterocycles. The first kappa shape index (κ1) is 26.1. The van der Waals surface area contributed by atoms with Gasteiger partial charge in [0.15, 0.2) is 5.96 Å². The minimum Gasteiger partial charge on any atom is -0.376 e. The topological polar surface area (TPSA) is 91.8 Å². The minimum absolute atomic E-state index is 0. The van der Waals surface area contributed by atoms with Crippen LogP contribution in [0, 0.1) is 0 Å². The molecule has 1 aliphatic carbocycles. The fraction of sp³-hybridized carbons (Fsp3) is 0.650. The van der Waals surface area contributed by atoms with Gasteiger partial charge in [-0.25, -0.2) is 18.1 Å². The molecule has 9 heteroatoms. The van der Waals surface area contributed by atoms with Crippen LogP contribution in [0.4, 0.5) is 0 Å². The van der Waals surface area contributed by atoms with Crippen molar-refractivity contribution in [2.75, 3.05) is 26.7 Å². The Morgan fingerprint density at radius 1 is 1.10 bits per heavy atom. The van der Waals surface area contributed by atoms with Gasteiger partial charge in [-0.05, 0) is 44.5 Å². The Balaban J connectivity index is 0.00000420. The van der Waals surface area contributed by atoms with Crippen LogP contribution in [0.1, 0.15) is 51.0 Å². The summed E-state index contributed by atoms with van der Waals surface area (Å²) < 4.78 is 31.9. The lowest BCUT2D eigenvalue weighted by molar-refractivity contribution is 0.0468. The Hall–Kier alpha value is -0.910. The van der Waals surface area contributed by atoms with Crippen LogP contribution in [0.15, 0.2) is 34.2 Å². The highest BCUT2D eigenvalue weighted by molar-refractivity contribution is 14.0. The van der Waals surface area contributed by atoms with E-state index in [9.17, 15) is 8.42 Å². The van der Waals surface area contributed by atoms with Gasteiger partial charge in [-0.15, -0.1) is 24.0 Å². The Bertz CT molecular complexity index is 703. The minimum atomic E-state index is -3.41. The Morgan fingerprint density at radius 2 is 1.76 bits per heavy atom. The first-order valence-electron chi connectivity index (χ1n) is 10.2. The summed E-state index contributed by atoms with van der Waals surface area (Å²) in [7, 11) is -2.00. The van der Waals surface area contributed by atoms with E-state index in [4.69, 9.17) is 4.74 Å². The number of rotatable bonds is 9. The van der Waals surface area contributed by atoms with E-state index < -0.39 is 10.0 Å². The molecule has 29 heavy (non-hydrogen) atoms. The number of benzene rings is 1. The lowest BCUT2D eigenvalue weighted by Gasteiger charge is -2.16. The Labute approximate surface area is 192 Å². The van der Waals surface area contributed by atoms with Crippen molar-refractivity contribution in [1.29, 1.82) is 0 Å². The van der Waals surface area contributed by atoms with E-state index in [2.05, 4.69) is 20.3 Å². The fourth-order valence-electron chi connectivity index (χ4n) is 3.21. The number of guanidine groups is 1. The molecule has 3 N–H and O–H groups in total. The molecule has 1 aromatic rings. The molecule has 1 saturated carbocycles. The maximum absolute atomic E-state index is 11.8. The number of sulfonamides is 1. The van der Waals surface area contributed by atoms with Crippen molar-refractivity contribution in [2.45, 2.75) is 63.0 Å². The van der Waals surface area contributed by atoms with Crippen LogP contribution < -0.4 is 15.4 Å². The van der Waals surface area contributed by atoms with Crippen molar-refractivity contribution < 1.29 is 13.2 Å². The van der Waals surface area contributed by atoms with Crippen LogP contribution in [0.25, 0.3) is 0 Å². The average Bonchev–Trinajstić information content (AvgIpc) is 2.98. The van der Waals surface area contributed by atoms with E-state index in [0.717, 1.165) is 18.1 Å². The second kappa shape index (κ2) is 14.2. The van der Waals surface area contributed by atoms with E-state index in [-0.39, 0.29) is 28.9 Å². The van der Waals surface area contributed by atoms with Gasteiger partial charge in [-0.3, -0.25) is 0 Å². The highest BCUT2D eigenvalue weighted by Gasteiger charge is 2.12. The zero-order valence-corrected chi connectivity index (χ0v) is 20.6. The lowest BCUT2D eigenvalue weighted by Crippen LogP contribution is -2.39. The van der Waals surface area contributed by atoms with Crippen LogP contribution in [-0.4, -0.2) is 47.2 Å². The maximum atomic E-state index is 11.8. The largest absolute Gasteiger partial charge is 0.376 e. The molecule has 7 nitrogen and oxygen atoms in total. The molecule has 0 radical (unpaired) electrons. The summed E-state index contributed by atoms with van der Waals surface area (Å²) in [5.74, 6) is 0.735. The molecular weight excluding hydrogens is 503 g/mol. The van der Waals surface area contributed by atoms with E-state index in [1.807, 2.05) is 6.92 Å². The third kappa shape index (κ3) is 9.63. The molecule has 0 spiro atoms. The van der Waals surface area contributed by atoms with Crippen molar-refractivity contribution in [3.8, 4) is 0 Å². The molecule has 0 atom stereocenters. The van der Waals surface area contributed by atoms with Crippen molar-refractivity contribution in [3.63, 3.8) is 0 Å². The molecular formula is C20H35IN4O3S. The van der Waals surface area contributed by atoms with Crippen molar-refractivity contribution in [1.82, 2.24) is 15.4 Å². The summed E-state index contributed by atoms with van der Waals surface area (Å²) in [6.45, 7) is 4.65. The summed E-state index contributed by atoms with van der Waals surface area (Å²) in [4.78, 5) is 4.82. The van der Waals surface area contributed by atoms with Gasteiger partial charge in [0.1, 0.15) is 0 Å². The molecule has 0 amide bonds. The number of halogens is 1. The van der Waals surface area contributed by atoms with Gasteiger partial charge in [0.25, 0.3) is 0 Å². The normalized spacial score (nSPS) is 16.0. The van der Waals surface area contributed by atoms with Gasteiger partial charge in [0.2, 0.25) is 10.0 Å². The van der Waals surface area contributed by atoms with E-state index in [1.54, 1.807) is 24.3 Å². The van der Waals surface area contributed by atoms with Gasteiger partial charge in [0, 0.05) is 13.1 Å². The zero-order chi connectivity index (χ0) is 20.2. The molecule has 0 aliphatic heterocycles. The first-order valence-corrected chi connectivity index (χ1v) is 11.7. The fourth-order valence-corrected chi connectivity index (χ4v) is 3.94. The predicted octanol–water partition coefficient (Wildman–Crippen LogP) is 3.01. The summed E-state index contributed by atoms with van der Waals surface area (Å²) in [5, 5.41) is 6.52. The average molecular weight is 538 g/mol. The molecule has 2 rings (SSSR count).